The summed E-state index contributed by atoms with van der Waals surface area (Å²) in [5.41, 5.74) is 7.89. The predicted octanol–water partition coefficient (Wildman–Crippen LogP) is 2.57. The van der Waals surface area contributed by atoms with E-state index in [1.807, 2.05) is 20.8 Å². The molecule has 1 aromatic rings. The molecule has 0 aliphatic heterocycles. The smallest absolute Gasteiger partial charge is 0.269 e. The topological polar surface area (TPSA) is 69.2 Å². The van der Waals surface area contributed by atoms with Crippen LogP contribution in [0.2, 0.25) is 0 Å². The summed E-state index contributed by atoms with van der Waals surface area (Å²) in [4.78, 5) is 10.3. The van der Waals surface area contributed by atoms with E-state index in [0.29, 0.717) is 0 Å². The summed E-state index contributed by atoms with van der Waals surface area (Å²) in [6, 6.07) is 4.96. The maximum atomic E-state index is 10.6. The first-order valence-electron chi connectivity index (χ1n) is 5.32. The number of nitrogens with two attached hydrogens (primary N) is 1. The van der Waals surface area contributed by atoms with E-state index in [0.717, 1.165) is 24.0 Å². The highest BCUT2D eigenvalue weighted by Gasteiger charge is 2.13. The van der Waals surface area contributed by atoms with E-state index in [1.54, 1.807) is 12.1 Å². The maximum absolute atomic E-state index is 10.6. The molecule has 0 saturated carbocycles. The third-order valence-electron chi connectivity index (χ3n) is 2.58. The van der Waals surface area contributed by atoms with E-state index in [2.05, 4.69) is 0 Å². The largest absolute Gasteiger partial charge is 0.326 e. The van der Waals surface area contributed by atoms with Gasteiger partial charge < -0.3 is 5.73 Å². The predicted molar refractivity (Wildman–Crippen MR) is 64.4 cm³/mol. The summed E-state index contributed by atoms with van der Waals surface area (Å²) in [5, 5.41) is 10.6. The molecule has 16 heavy (non-hydrogen) atoms. The van der Waals surface area contributed by atoms with E-state index < -0.39 is 0 Å². The molecule has 0 aliphatic carbocycles. The van der Waals surface area contributed by atoms with Gasteiger partial charge in [-0.3, -0.25) is 10.1 Å². The van der Waals surface area contributed by atoms with Crippen molar-refractivity contribution in [3.05, 3.63) is 39.4 Å². The molecule has 0 amide bonds. The fourth-order valence-corrected chi connectivity index (χ4v) is 1.50. The van der Waals surface area contributed by atoms with Gasteiger partial charge in [-0.05, 0) is 44.7 Å². The van der Waals surface area contributed by atoms with Gasteiger partial charge in [-0.15, -0.1) is 0 Å². The molecule has 2 N–H and O–H groups in total. The minimum Gasteiger partial charge on any atom is -0.326 e. The highest BCUT2D eigenvalue weighted by molar-refractivity contribution is 5.39. The van der Waals surface area contributed by atoms with Crippen molar-refractivity contribution in [3.8, 4) is 0 Å². The first-order valence-corrected chi connectivity index (χ1v) is 5.32. The lowest BCUT2D eigenvalue weighted by molar-refractivity contribution is -0.384. The Balaban J connectivity index is 2.86. The highest BCUT2D eigenvalue weighted by Crippen LogP contribution is 2.20. The zero-order valence-corrected chi connectivity index (χ0v) is 9.99. The first kappa shape index (κ1) is 12.6. The van der Waals surface area contributed by atoms with Crippen molar-refractivity contribution < 1.29 is 4.92 Å². The molecule has 0 saturated heterocycles. The minimum absolute atomic E-state index is 0.149. The van der Waals surface area contributed by atoms with Crippen LogP contribution < -0.4 is 5.73 Å². The third-order valence-corrected chi connectivity index (χ3v) is 2.58. The van der Waals surface area contributed by atoms with E-state index in [-0.39, 0.29) is 16.1 Å². The lowest BCUT2D eigenvalue weighted by atomic mass is 9.94. The number of non-ortho nitro benzene ring substituents is 1. The Hall–Kier alpha value is -1.42. The monoisotopic (exact) mass is 222 g/mol. The zero-order chi connectivity index (χ0) is 12.3. The van der Waals surface area contributed by atoms with Gasteiger partial charge in [0, 0.05) is 17.7 Å². The number of nitro groups is 1. The van der Waals surface area contributed by atoms with Gasteiger partial charge >= 0.3 is 0 Å². The quantitative estimate of drug-likeness (QED) is 0.628. The molecule has 0 bridgehead atoms. The molecule has 0 radical (unpaired) electrons. The lowest BCUT2D eigenvalue weighted by Gasteiger charge is -2.18. The van der Waals surface area contributed by atoms with Crippen molar-refractivity contribution in [1.29, 1.82) is 0 Å². The Morgan fingerprint density at radius 1 is 1.44 bits per heavy atom. The van der Waals surface area contributed by atoms with Crippen molar-refractivity contribution >= 4 is 5.69 Å². The van der Waals surface area contributed by atoms with Crippen LogP contribution in [-0.2, 0) is 6.42 Å². The van der Waals surface area contributed by atoms with Gasteiger partial charge in [0.15, 0.2) is 0 Å². The first-order chi connectivity index (χ1) is 7.29. The molecule has 0 atom stereocenters. The van der Waals surface area contributed by atoms with Crippen LogP contribution in [0.3, 0.4) is 0 Å². The molecule has 0 aliphatic rings. The number of hydrogen-bond acceptors (Lipinski definition) is 3. The van der Waals surface area contributed by atoms with Gasteiger partial charge in [-0.1, -0.05) is 6.07 Å². The second kappa shape index (κ2) is 4.61. The maximum Gasteiger partial charge on any atom is 0.269 e. The van der Waals surface area contributed by atoms with E-state index in [4.69, 9.17) is 5.73 Å². The van der Waals surface area contributed by atoms with Gasteiger partial charge in [0.1, 0.15) is 0 Å². The molecule has 88 valence electrons. The second-order valence-electron chi connectivity index (χ2n) is 4.86. The number of nitro benzene ring substituents is 1. The summed E-state index contributed by atoms with van der Waals surface area (Å²) in [6.07, 6.45) is 1.59. The standard InChI is InChI=1S/C12H18N2O2/c1-9-4-5-11(14(15)16)8-10(9)6-7-12(2,3)13/h4-5,8H,6-7,13H2,1-3H3. The van der Waals surface area contributed by atoms with Crippen molar-refractivity contribution in [2.75, 3.05) is 0 Å². The van der Waals surface area contributed by atoms with Crippen molar-refractivity contribution in [1.82, 2.24) is 0 Å². The van der Waals surface area contributed by atoms with Gasteiger partial charge in [0.05, 0.1) is 4.92 Å². The Morgan fingerprint density at radius 2 is 2.06 bits per heavy atom. The zero-order valence-electron chi connectivity index (χ0n) is 9.99. The van der Waals surface area contributed by atoms with Gasteiger partial charge in [0.25, 0.3) is 5.69 Å². The molecule has 0 aromatic heterocycles. The van der Waals surface area contributed by atoms with Gasteiger partial charge in [-0.25, -0.2) is 0 Å². The highest BCUT2D eigenvalue weighted by atomic mass is 16.6. The summed E-state index contributed by atoms with van der Waals surface area (Å²) < 4.78 is 0. The molecular weight excluding hydrogens is 204 g/mol. The number of nitrogens with zero attached hydrogens (tertiary/aromatic N) is 1. The van der Waals surface area contributed by atoms with E-state index in [1.165, 1.54) is 6.07 Å². The van der Waals surface area contributed by atoms with E-state index >= 15 is 0 Å². The minimum atomic E-state index is -0.365. The van der Waals surface area contributed by atoms with E-state index in [9.17, 15) is 10.1 Å². The Labute approximate surface area is 95.6 Å². The van der Waals surface area contributed by atoms with Crippen LogP contribution in [0.1, 0.15) is 31.4 Å². The normalized spacial score (nSPS) is 11.5. The Morgan fingerprint density at radius 3 is 2.56 bits per heavy atom. The molecular formula is C12H18N2O2. The molecule has 1 rings (SSSR count). The van der Waals surface area contributed by atoms with Crippen LogP contribution in [-0.4, -0.2) is 10.5 Å². The number of aryl methyl sites for hydroxylation is 2. The SMILES string of the molecule is Cc1ccc([N+](=O)[O-])cc1CCC(C)(C)N. The van der Waals surface area contributed by atoms with Crippen LogP contribution in [0.25, 0.3) is 0 Å². The molecule has 4 heteroatoms. The second-order valence-corrected chi connectivity index (χ2v) is 4.86. The molecule has 0 fully saturated rings. The van der Waals surface area contributed by atoms with Gasteiger partial charge in [-0.2, -0.15) is 0 Å². The molecule has 1 aromatic carbocycles. The molecule has 0 spiro atoms. The number of hydrogen-bond donors (Lipinski definition) is 1. The fourth-order valence-electron chi connectivity index (χ4n) is 1.50. The summed E-state index contributed by atoms with van der Waals surface area (Å²) in [6.45, 7) is 5.88. The summed E-state index contributed by atoms with van der Waals surface area (Å²) in [7, 11) is 0. The summed E-state index contributed by atoms with van der Waals surface area (Å²) in [5.74, 6) is 0. The Bertz CT molecular complexity index is 394. The average Bonchev–Trinajstić information content (AvgIpc) is 2.14. The molecule has 0 heterocycles. The van der Waals surface area contributed by atoms with Crippen LogP contribution in [0.4, 0.5) is 5.69 Å². The average molecular weight is 222 g/mol. The van der Waals surface area contributed by atoms with Crippen molar-refractivity contribution in [3.63, 3.8) is 0 Å². The van der Waals surface area contributed by atoms with Crippen molar-refractivity contribution in [2.45, 2.75) is 39.2 Å². The van der Waals surface area contributed by atoms with Crippen molar-refractivity contribution in [2.24, 2.45) is 5.73 Å². The van der Waals surface area contributed by atoms with Crippen LogP contribution in [0.15, 0.2) is 18.2 Å². The van der Waals surface area contributed by atoms with Crippen LogP contribution >= 0.6 is 0 Å². The molecule has 4 nitrogen and oxygen atoms in total. The number of benzene rings is 1. The van der Waals surface area contributed by atoms with Gasteiger partial charge in [0.2, 0.25) is 0 Å². The Kier molecular flexibility index (Phi) is 3.65. The third kappa shape index (κ3) is 3.62. The lowest BCUT2D eigenvalue weighted by Crippen LogP contribution is -2.32. The number of rotatable bonds is 4. The van der Waals surface area contributed by atoms with Crippen LogP contribution in [0, 0.1) is 17.0 Å². The summed E-state index contributed by atoms with van der Waals surface area (Å²) >= 11 is 0. The molecule has 0 unspecified atom stereocenters. The van der Waals surface area contributed by atoms with Crippen LogP contribution in [0.5, 0.6) is 0 Å². The fraction of sp³-hybridized carbons (Fsp3) is 0.500.